The summed E-state index contributed by atoms with van der Waals surface area (Å²) in [6.45, 7) is 2.24. The summed E-state index contributed by atoms with van der Waals surface area (Å²) in [5, 5.41) is 0. The van der Waals surface area contributed by atoms with Crippen LogP contribution in [0.25, 0.3) is 11.1 Å². The number of benzene rings is 2. The number of esters is 1. The van der Waals surface area contributed by atoms with E-state index in [4.69, 9.17) is 4.74 Å². The number of carbonyl (C=O) groups excluding carboxylic acids is 1. The Balaban J connectivity index is 1.64. The van der Waals surface area contributed by atoms with Gasteiger partial charge in [0.1, 0.15) is 11.9 Å². The second kappa shape index (κ2) is 6.95. The van der Waals surface area contributed by atoms with Crippen LogP contribution in [0.15, 0.2) is 48.5 Å². The van der Waals surface area contributed by atoms with Crippen molar-refractivity contribution < 1.29 is 13.9 Å². The fourth-order valence-electron chi connectivity index (χ4n) is 3.01. The molecule has 2 nitrogen and oxygen atoms in total. The average molecular weight is 312 g/mol. The SMILES string of the molecule is C[C@H]1CC[C@H](OC(=O)c2ccc(-c3ccc(F)cc3)cc2)CC1. The molecule has 0 aromatic heterocycles. The Hall–Kier alpha value is -2.16. The van der Waals surface area contributed by atoms with Gasteiger partial charge in [0.25, 0.3) is 0 Å². The van der Waals surface area contributed by atoms with Gasteiger partial charge in [-0.1, -0.05) is 31.2 Å². The quantitative estimate of drug-likeness (QED) is 0.726. The maximum atomic E-state index is 13.0. The summed E-state index contributed by atoms with van der Waals surface area (Å²) in [7, 11) is 0. The van der Waals surface area contributed by atoms with Crippen LogP contribution in [-0.2, 0) is 4.74 Å². The molecular weight excluding hydrogens is 291 g/mol. The molecule has 0 N–H and O–H groups in total. The Bertz CT molecular complexity index is 653. The van der Waals surface area contributed by atoms with Gasteiger partial charge >= 0.3 is 5.97 Å². The fourth-order valence-corrected chi connectivity index (χ4v) is 3.01. The molecule has 2 aromatic carbocycles. The van der Waals surface area contributed by atoms with E-state index >= 15 is 0 Å². The summed E-state index contributed by atoms with van der Waals surface area (Å²) in [5.74, 6) is 0.228. The van der Waals surface area contributed by atoms with Crippen molar-refractivity contribution in [3.05, 3.63) is 59.9 Å². The van der Waals surface area contributed by atoms with Crippen molar-refractivity contribution in [2.24, 2.45) is 5.92 Å². The highest BCUT2D eigenvalue weighted by atomic mass is 19.1. The van der Waals surface area contributed by atoms with Gasteiger partial charge in [-0.05, 0) is 67.0 Å². The van der Waals surface area contributed by atoms with E-state index in [9.17, 15) is 9.18 Å². The third-order valence-corrected chi connectivity index (χ3v) is 4.53. The molecule has 0 aliphatic heterocycles. The maximum absolute atomic E-state index is 13.0. The van der Waals surface area contributed by atoms with E-state index in [1.807, 2.05) is 12.1 Å². The van der Waals surface area contributed by atoms with E-state index < -0.39 is 0 Å². The lowest BCUT2D eigenvalue weighted by atomic mass is 9.89. The monoisotopic (exact) mass is 312 g/mol. The van der Waals surface area contributed by atoms with Gasteiger partial charge in [-0.25, -0.2) is 9.18 Å². The summed E-state index contributed by atoms with van der Waals surface area (Å²) < 4.78 is 18.6. The topological polar surface area (TPSA) is 26.3 Å². The van der Waals surface area contributed by atoms with Gasteiger partial charge in [-0.2, -0.15) is 0 Å². The standard InChI is InChI=1S/C20H21FO2/c1-14-2-12-19(13-3-14)23-20(22)17-6-4-15(5-7-17)16-8-10-18(21)11-9-16/h4-11,14,19H,2-3,12-13H2,1H3/t14-,19-. The predicted molar refractivity (Wildman–Crippen MR) is 88.7 cm³/mol. The lowest BCUT2D eigenvalue weighted by Gasteiger charge is -2.26. The summed E-state index contributed by atoms with van der Waals surface area (Å²) in [6.07, 6.45) is 4.22. The number of hydrogen-bond donors (Lipinski definition) is 0. The van der Waals surface area contributed by atoms with Crippen LogP contribution >= 0.6 is 0 Å². The summed E-state index contributed by atoms with van der Waals surface area (Å²) in [6, 6.07) is 13.6. The number of hydrogen-bond acceptors (Lipinski definition) is 2. The average Bonchev–Trinajstić information content (AvgIpc) is 2.58. The van der Waals surface area contributed by atoms with Gasteiger partial charge in [-0.15, -0.1) is 0 Å². The van der Waals surface area contributed by atoms with E-state index in [1.165, 1.54) is 12.1 Å². The van der Waals surface area contributed by atoms with Crippen molar-refractivity contribution >= 4 is 5.97 Å². The Morgan fingerprint density at radius 3 is 2.00 bits per heavy atom. The molecule has 1 aliphatic rings. The van der Waals surface area contributed by atoms with Crippen molar-refractivity contribution in [1.29, 1.82) is 0 Å². The molecule has 0 bridgehead atoms. The molecule has 3 rings (SSSR count). The molecule has 1 fully saturated rings. The minimum absolute atomic E-state index is 0.0514. The molecule has 0 spiro atoms. The first-order chi connectivity index (χ1) is 11.1. The number of carbonyl (C=O) groups is 1. The van der Waals surface area contributed by atoms with Gasteiger partial charge in [0.05, 0.1) is 5.56 Å². The normalized spacial score (nSPS) is 21.0. The molecule has 3 heteroatoms. The molecule has 1 aliphatic carbocycles. The lowest BCUT2D eigenvalue weighted by molar-refractivity contribution is 0.0174. The molecule has 0 amide bonds. The lowest BCUT2D eigenvalue weighted by Crippen LogP contribution is -2.23. The van der Waals surface area contributed by atoms with Crippen LogP contribution in [0, 0.1) is 11.7 Å². The minimum Gasteiger partial charge on any atom is -0.459 e. The highest BCUT2D eigenvalue weighted by Crippen LogP contribution is 2.26. The van der Waals surface area contributed by atoms with Crippen LogP contribution in [0.5, 0.6) is 0 Å². The van der Waals surface area contributed by atoms with Crippen molar-refractivity contribution in [3.63, 3.8) is 0 Å². The number of rotatable bonds is 3. The molecular formula is C20H21FO2. The van der Waals surface area contributed by atoms with Crippen LogP contribution in [0.4, 0.5) is 4.39 Å². The van der Waals surface area contributed by atoms with Crippen LogP contribution in [-0.4, -0.2) is 12.1 Å². The molecule has 0 radical (unpaired) electrons. The Kier molecular flexibility index (Phi) is 4.75. The number of ether oxygens (including phenoxy) is 1. The van der Waals surface area contributed by atoms with E-state index in [1.54, 1.807) is 24.3 Å². The number of halogens is 1. The van der Waals surface area contributed by atoms with Gasteiger partial charge in [0, 0.05) is 0 Å². The molecule has 1 saturated carbocycles. The van der Waals surface area contributed by atoms with Gasteiger partial charge < -0.3 is 4.74 Å². The van der Waals surface area contributed by atoms with E-state index in [0.29, 0.717) is 5.56 Å². The molecule has 0 heterocycles. The van der Waals surface area contributed by atoms with Gasteiger partial charge in [0.15, 0.2) is 0 Å². The Morgan fingerprint density at radius 1 is 0.913 bits per heavy atom. The molecule has 120 valence electrons. The minimum atomic E-state index is -0.254. The largest absolute Gasteiger partial charge is 0.459 e. The van der Waals surface area contributed by atoms with Gasteiger partial charge in [-0.3, -0.25) is 0 Å². The van der Waals surface area contributed by atoms with Crippen LogP contribution < -0.4 is 0 Å². The first-order valence-corrected chi connectivity index (χ1v) is 8.19. The second-order valence-electron chi connectivity index (χ2n) is 6.37. The molecule has 2 aromatic rings. The molecule has 23 heavy (non-hydrogen) atoms. The third kappa shape index (κ3) is 3.98. The Labute approximate surface area is 136 Å². The predicted octanol–water partition coefficient (Wildman–Crippen LogP) is 5.23. The van der Waals surface area contributed by atoms with Crippen molar-refractivity contribution in [2.45, 2.75) is 38.7 Å². The second-order valence-corrected chi connectivity index (χ2v) is 6.37. The first-order valence-electron chi connectivity index (χ1n) is 8.19. The zero-order valence-electron chi connectivity index (χ0n) is 13.3. The highest BCUT2D eigenvalue weighted by Gasteiger charge is 2.22. The van der Waals surface area contributed by atoms with Crippen molar-refractivity contribution in [3.8, 4) is 11.1 Å². The van der Waals surface area contributed by atoms with Gasteiger partial charge in [0.2, 0.25) is 0 Å². The summed E-state index contributed by atoms with van der Waals surface area (Å²) in [4.78, 5) is 12.2. The highest BCUT2D eigenvalue weighted by molar-refractivity contribution is 5.90. The van der Waals surface area contributed by atoms with Crippen LogP contribution in [0.1, 0.15) is 43.0 Å². The maximum Gasteiger partial charge on any atom is 0.338 e. The third-order valence-electron chi connectivity index (χ3n) is 4.53. The molecule has 0 unspecified atom stereocenters. The van der Waals surface area contributed by atoms with Crippen LogP contribution in [0.3, 0.4) is 0 Å². The van der Waals surface area contributed by atoms with Crippen molar-refractivity contribution in [1.82, 2.24) is 0 Å². The summed E-state index contributed by atoms with van der Waals surface area (Å²) in [5.41, 5.74) is 2.44. The van der Waals surface area contributed by atoms with E-state index in [0.717, 1.165) is 42.7 Å². The van der Waals surface area contributed by atoms with Crippen LogP contribution in [0.2, 0.25) is 0 Å². The molecule has 0 atom stereocenters. The molecule has 0 saturated heterocycles. The van der Waals surface area contributed by atoms with E-state index in [2.05, 4.69) is 6.92 Å². The summed E-state index contributed by atoms with van der Waals surface area (Å²) >= 11 is 0. The van der Waals surface area contributed by atoms with Crippen molar-refractivity contribution in [2.75, 3.05) is 0 Å². The fraction of sp³-hybridized carbons (Fsp3) is 0.350. The van der Waals surface area contributed by atoms with E-state index in [-0.39, 0.29) is 17.9 Å². The zero-order chi connectivity index (χ0) is 16.2. The smallest absolute Gasteiger partial charge is 0.338 e. The Morgan fingerprint density at radius 2 is 1.43 bits per heavy atom. The first kappa shape index (κ1) is 15.7. The zero-order valence-corrected chi connectivity index (χ0v) is 13.3.